The van der Waals surface area contributed by atoms with Crippen molar-refractivity contribution in [2.75, 3.05) is 33.9 Å². The van der Waals surface area contributed by atoms with Gasteiger partial charge in [0.2, 0.25) is 5.91 Å². The van der Waals surface area contributed by atoms with Gasteiger partial charge in [-0.15, -0.1) is 11.3 Å². The van der Waals surface area contributed by atoms with E-state index < -0.39 is 11.6 Å². The number of methoxy groups -OCH3 is 1. The van der Waals surface area contributed by atoms with Crippen molar-refractivity contribution in [2.45, 2.75) is 26.1 Å². The molecule has 3 aromatic heterocycles. The lowest BCUT2D eigenvalue weighted by Gasteiger charge is -2.33. The van der Waals surface area contributed by atoms with E-state index in [4.69, 9.17) is 19.6 Å². The molecular formula is C35H31F2N5O4S. The normalized spacial score (nSPS) is 15.7. The zero-order chi connectivity index (χ0) is 33.0. The molecule has 9 nitrogen and oxygen atoms in total. The highest BCUT2D eigenvalue weighted by molar-refractivity contribution is 7.18. The molecule has 1 unspecified atom stereocenters. The summed E-state index contributed by atoms with van der Waals surface area (Å²) in [5, 5.41) is 7.58. The third-order valence-corrected chi connectivity index (χ3v) is 9.68. The third kappa shape index (κ3) is 5.17. The van der Waals surface area contributed by atoms with E-state index in [1.807, 2.05) is 47.3 Å². The van der Waals surface area contributed by atoms with Gasteiger partial charge in [-0.2, -0.15) is 5.10 Å². The number of pyridine rings is 1. The maximum absolute atomic E-state index is 16.1. The van der Waals surface area contributed by atoms with Gasteiger partial charge in [-0.1, -0.05) is 12.6 Å². The number of rotatable bonds is 8. The van der Waals surface area contributed by atoms with Gasteiger partial charge < -0.3 is 19.3 Å². The number of amides is 2. The van der Waals surface area contributed by atoms with Crippen LogP contribution < -0.4 is 4.74 Å². The molecule has 47 heavy (non-hydrogen) atoms. The van der Waals surface area contributed by atoms with Gasteiger partial charge >= 0.3 is 0 Å². The molecule has 0 fully saturated rings. The second-order valence-electron chi connectivity index (χ2n) is 11.6. The first-order valence-electron chi connectivity index (χ1n) is 15.1. The number of fused-ring (bicyclic) bond motifs is 3. The first-order valence-corrected chi connectivity index (χ1v) is 16.0. The van der Waals surface area contributed by atoms with Crippen LogP contribution in [-0.4, -0.2) is 70.3 Å². The van der Waals surface area contributed by atoms with E-state index in [1.54, 1.807) is 16.8 Å². The van der Waals surface area contributed by atoms with Crippen LogP contribution in [0.15, 0.2) is 60.5 Å². The number of benzene rings is 2. The Morgan fingerprint density at radius 2 is 1.94 bits per heavy atom. The number of hydrogen-bond acceptors (Lipinski definition) is 7. The van der Waals surface area contributed by atoms with Crippen molar-refractivity contribution in [2.24, 2.45) is 0 Å². The second-order valence-corrected chi connectivity index (χ2v) is 12.5. The van der Waals surface area contributed by atoms with Crippen LogP contribution in [0.25, 0.3) is 43.9 Å². The van der Waals surface area contributed by atoms with Gasteiger partial charge in [-0.25, -0.2) is 13.8 Å². The summed E-state index contributed by atoms with van der Waals surface area (Å²) in [5.74, 6) is -1.78. The van der Waals surface area contributed by atoms with E-state index in [0.29, 0.717) is 52.5 Å². The predicted molar refractivity (Wildman–Crippen MR) is 175 cm³/mol. The largest absolute Gasteiger partial charge is 0.490 e. The van der Waals surface area contributed by atoms with Crippen LogP contribution in [0.1, 0.15) is 34.6 Å². The van der Waals surface area contributed by atoms with Gasteiger partial charge in [0.05, 0.1) is 36.1 Å². The van der Waals surface area contributed by atoms with E-state index in [1.165, 1.54) is 24.5 Å². The second kappa shape index (κ2) is 12.0. The van der Waals surface area contributed by atoms with Gasteiger partial charge in [-0.05, 0) is 48.2 Å². The highest BCUT2D eigenvalue weighted by atomic mass is 32.1. The Morgan fingerprint density at radius 1 is 1.11 bits per heavy atom. The monoisotopic (exact) mass is 655 g/mol. The highest BCUT2D eigenvalue weighted by Gasteiger charge is 2.32. The zero-order valence-corrected chi connectivity index (χ0v) is 26.9. The van der Waals surface area contributed by atoms with E-state index >= 15 is 4.39 Å². The molecule has 2 amide bonds. The van der Waals surface area contributed by atoms with Gasteiger partial charge in [0.25, 0.3) is 5.91 Å². The van der Waals surface area contributed by atoms with Gasteiger partial charge in [0.1, 0.15) is 35.4 Å². The summed E-state index contributed by atoms with van der Waals surface area (Å²) in [4.78, 5) is 33.8. The van der Waals surface area contributed by atoms with Crippen LogP contribution >= 0.6 is 11.3 Å². The van der Waals surface area contributed by atoms with E-state index in [9.17, 15) is 14.0 Å². The van der Waals surface area contributed by atoms with Crippen LogP contribution in [0.5, 0.6) is 5.75 Å². The van der Waals surface area contributed by atoms with Crippen molar-refractivity contribution in [3.05, 3.63) is 89.0 Å². The predicted octanol–water partition coefficient (Wildman–Crippen LogP) is 6.47. The van der Waals surface area contributed by atoms with Crippen molar-refractivity contribution in [3.63, 3.8) is 0 Å². The maximum Gasteiger partial charge on any atom is 0.254 e. The summed E-state index contributed by atoms with van der Waals surface area (Å²) in [6.45, 7) is 7.23. The number of carbonyl (C=O) groups excluding carboxylic acids is 2. The smallest absolute Gasteiger partial charge is 0.254 e. The average Bonchev–Trinajstić information content (AvgIpc) is 3.78. The van der Waals surface area contributed by atoms with Crippen molar-refractivity contribution in [1.29, 1.82) is 0 Å². The fraction of sp³-hybridized carbons (Fsp3) is 0.257. The Balaban J connectivity index is 1.49. The first kappa shape index (κ1) is 30.7. The van der Waals surface area contributed by atoms with Gasteiger partial charge in [0, 0.05) is 66.2 Å². The minimum absolute atomic E-state index is 0.0178. The molecule has 2 aromatic carbocycles. The number of halogens is 2. The van der Waals surface area contributed by atoms with Crippen molar-refractivity contribution >= 4 is 33.2 Å². The lowest BCUT2D eigenvalue weighted by molar-refractivity contribution is -0.129. The summed E-state index contributed by atoms with van der Waals surface area (Å²) >= 11 is 1.40. The fourth-order valence-electron chi connectivity index (χ4n) is 6.45. The van der Waals surface area contributed by atoms with Gasteiger partial charge in [0.15, 0.2) is 0 Å². The van der Waals surface area contributed by atoms with Crippen LogP contribution in [0.4, 0.5) is 8.78 Å². The minimum atomic E-state index is -0.804. The van der Waals surface area contributed by atoms with Crippen LogP contribution in [0, 0.1) is 11.6 Å². The summed E-state index contributed by atoms with van der Waals surface area (Å²) < 4.78 is 44.3. The molecule has 0 bridgehead atoms. The molecule has 240 valence electrons. The Kier molecular flexibility index (Phi) is 7.85. The lowest BCUT2D eigenvalue weighted by atomic mass is 9.95. The summed E-state index contributed by atoms with van der Waals surface area (Å²) in [5.41, 5.74) is 5.08. The topological polar surface area (TPSA) is 89.8 Å². The van der Waals surface area contributed by atoms with E-state index in [2.05, 4.69) is 6.58 Å². The summed E-state index contributed by atoms with van der Waals surface area (Å²) in [6, 6.07) is 11.1. The highest BCUT2D eigenvalue weighted by Crippen LogP contribution is 2.47. The molecule has 7 rings (SSSR count). The molecule has 0 radical (unpaired) electrons. The van der Waals surface area contributed by atoms with Crippen LogP contribution in [0.3, 0.4) is 0 Å². The number of ether oxygens (including phenoxy) is 2. The summed E-state index contributed by atoms with van der Waals surface area (Å²) in [6.07, 6.45) is 1.30. The molecule has 0 N–H and O–H groups in total. The number of carbonyl (C=O) groups is 2. The molecule has 0 aliphatic carbocycles. The molecule has 0 saturated carbocycles. The standard InChI is InChI=1S/C35H31F2N5O4S/c1-5-29(43)41-9-10-42-27(19(41)2)17-26(39-42)33-31(30-25(37)15-22(36)16-28(30)46-12-11-45-4)34-24(8-13-47-34)32(38-33)20-6-7-23-21(14-20)18-40(3)35(23)44/h5-8,13-17,19H,1,9-12,18H2,2-4H3. The SMILES string of the molecule is C=CC(=O)N1CCn2nc(-c3nc(-c4ccc5c(c4)CN(C)C5=O)c4ccsc4c3-c3c(F)cc(F)cc3OCCOC)cc2C1C. The molecule has 5 heterocycles. The van der Waals surface area contributed by atoms with Crippen molar-refractivity contribution < 1.29 is 27.8 Å². The van der Waals surface area contributed by atoms with Gasteiger partial charge in [-0.3, -0.25) is 14.3 Å². The van der Waals surface area contributed by atoms with E-state index in [0.717, 1.165) is 34.3 Å². The molecule has 12 heteroatoms. The molecule has 1 atom stereocenters. The molecular weight excluding hydrogens is 624 g/mol. The number of thiophene rings is 1. The number of hydrogen-bond donors (Lipinski definition) is 0. The minimum Gasteiger partial charge on any atom is -0.490 e. The molecule has 2 aliphatic rings. The van der Waals surface area contributed by atoms with Crippen molar-refractivity contribution in [1.82, 2.24) is 24.6 Å². The molecule has 0 spiro atoms. The molecule has 0 saturated heterocycles. The van der Waals surface area contributed by atoms with E-state index in [-0.39, 0.29) is 42.4 Å². The van der Waals surface area contributed by atoms with Crippen molar-refractivity contribution in [3.8, 4) is 39.5 Å². The maximum atomic E-state index is 16.1. The first-order chi connectivity index (χ1) is 22.7. The van der Waals surface area contributed by atoms with Crippen LogP contribution in [0.2, 0.25) is 0 Å². The average molecular weight is 656 g/mol. The fourth-order valence-corrected chi connectivity index (χ4v) is 7.40. The number of nitrogens with zero attached hydrogens (tertiary/aromatic N) is 5. The third-order valence-electron chi connectivity index (χ3n) is 8.74. The Bertz CT molecular complexity index is 2090. The zero-order valence-electron chi connectivity index (χ0n) is 26.0. The molecule has 5 aromatic rings. The lowest BCUT2D eigenvalue weighted by Crippen LogP contribution is -2.40. The quantitative estimate of drug-likeness (QED) is 0.141. The van der Waals surface area contributed by atoms with Crippen LogP contribution in [-0.2, 0) is 22.6 Å². The Labute approximate surface area is 273 Å². The molecule has 2 aliphatic heterocycles. The summed E-state index contributed by atoms with van der Waals surface area (Å²) in [7, 11) is 3.28. The number of aromatic nitrogens is 3. The Hall–Kier alpha value is -4.94. The Morgan fingerprint density at radius 3 is 2.72 bits per heavy atom.